The first kappa shape index (κ1) is 17.0. The zero-order chi connectivity index (χ0) is 16.0. The van der Waals surface area contributed by atoms with E-state index in [4.69, 9.17) is 11.6 Å². The van der Waals surface area contributed by atoms with Crippen molar-refractivity contribution in [2.24, 2.45) is 0 Å². The molecule has 0 spiro atoms. The van der Waals surface area contributed by atoms with Crippen LogP contribution in [0.4, 0.5) is 0 Å². The Bertz CT molecular complexity index is 694. The summed E-state index contributed by atoms with van der Waals surface area (Å²) in [5, 5.41) is 0.604. The van der Waals surface area contributed by atoms with E-state index in [-0.39, 0.29) is 5.75 Å². The maximum atomic E-state index is 12.0. The Morgan fingerprint density at radius 2 is 1.55 bits per heavy atom. The largest absolute Gasteiger partial charge is 0.215 e. The molecule has 0 bridgehead atoms. The minimum absolute atomic E-state index is 0.0191. The third-order valence-electron chi connectivity index (χ3n) is 3.35. The number of sulfonamides is 1. The SMILES string of the molecule is Cc1ccc(CCCNS(=O)(=O)Cc2ccc(Cl)cc2)cc1. The minimum Gasteiger partial charge on any atom is -0.215 e. The Hall–Kier alpha value is -1.36. The lowest BCUT2D eigenvalue weighted by molar-refractivity contribution is 0.578. The minimum atomic E-state index is -3.30. The van der Waals surface area contributed by atoms with Gasteiger partial charge in [0, 0.05) is 11.6 Å². The van der Waals surface area contributed by atoms with Crippen molar-refractivity contribution >= 4 is 21.6 Å². The van der Waals surface area contributed by atoms with Gasteiger partial charge < -0.3 is 0 Å². The standard InChI is InChI=1S/C17H20ClNO2S/c1-14-4-6-15(7-5-14)3-2-12-19-22(20,21)13-16-8-10-17(18)11-9-16/h4-11,19H,2-3,12-13H2,1H3. The summed E-state index contributed by atoms with van der Waals surface area (Å²) >= 11 is 5.79. The molecule has 0 radical (unpaired) electrons. The molecule has 0 fully saturated rings. The average molecular weight is 338 g/mol. The molecule has 118 valence electrons. The first-order valence-electron chi connectivity index (χ1n) is 7.22. The predicted octanol–water partition coefficient (Wildman–Crippen LogP) is 3.70. The molecule has 0 amide bonds. The fourth-order valence-electron chi connectivity index (χ4n) is 2.13. The van der Waals surface area contributed by atoms with Crippen molar-refractivity contribution in [2.75, 3.05) is 6.54 Å². The summed E-state index contributed by atoms with van der Waals surface area (Å²) in [4.78, 5) is 0. The van der Waals surface area contributed by atoms with E-state index in [0.717, 1.165) is 18.4 Å². The molecule has 0 aliphatic carbocycles. The molecule has 0 aliphatic heterocycles. The van der Waals surface area contributed by atoms with E-state index >= 15 is 0 Å². The van der Waals surface area contributed by atoms with Crippen LogP contribution in [0.25, 0.3) is 0 Å². The highest BCUT2D eigenvalue weighted by Crippen LogP contribution is 2.11. The van der Waals surface area contributed by atoms with E-state index in [1.54, 1.807) is 24.3 Å². The third-order valence-corrected chi connectivity index (χ3v) is 4.96. The van der Waals surface area contributed by atoms with Gasteiger partial charge in [-0.05, 0) is 43.0 Å². The van der Waals surface area contributed by atoms with Crippen LogP contribution < -0.4 is 4.72 Å². The number of rotatable bonds is 7. The van der Waals surface area contributed by atoms with Crippen LogP contribution in [0.15, 0.2) is 48.5 Å². The van der Waals surface area contributed by atoms with Crippen LogP contribution in [-0.4, -0.2) is 15.0 Å². The predicted molar refractivity (Wildman–Crippen MR) is 91.6 cm³/mol. The van der Waals surface area contributed by atoms with Crippen molar-refractivity contribution < 1.29 is 8.42 Å². The van der Waals surface area contributed by atoms with Gasteiger partial charge in [-0.3, -0.25) is 0 Å². The quantitative estimate of drug-likeness (QED) is 0.783. The first-order valence-corrected chi connectivity index (χ1v) is 9.25. The lowest BCUT2D eigenvalue weighted by Crippen LogP contribution is -2.26. The van der Waals surface area contributed by atoms with Crippen molar-refractivity contribution in [2.45, 2.75) is 25.5 Å². The smallest absolute Gasteiger partial charge is 0.215 e. The highest BCUT2D eigenvalue weighted by atomic mass is 35.5. The van der Waals surface area contributed by atoms with E-state index in [2.05, 4.69) is 35.9 Å². The number of hydrogen-bond donors (Lipinski definition) is 1. The molecule has 0 atom stereocenters. The Morgan fingerprint density at radius 1 is 0.955 bits per heavy atom. The van der Waals surface area contributed by atoms with Crippen LogP contribution in [0.1, 0.15) is 23.1 Å². The van der Waals surface area contributed by atoms with Gasteiger partial charge in [0.05, 0.1) is 5.75 Å². The van der Waals surface area contributed by atoms with Gasteiger partial charge in [-0.15, -0.1) is 0 Å². The van der Waals surface area contributed by atoms with E-state index in [1.807, 2.05) is 0 Å². The van der Waals surface area contributed by atoms with Crippen molar-refractivity contribution in [3.63, 3.8) is 0 Å². The Labute approximate surface area is 137 Å². The lowest BCUT2D eigenvalue weighted by Gasteiger charge is -2.07. The maximum absolute atomic E-state index is 12.0. The van der Waals surface area contributed by atoms with Crippen molar-refractivity contribution in [1.82, 2.24) is 4.72 Å². The first-order chi connectivity index (χ1) is 10.4. The second-order valence-corrected chi connectivity index (χ2v) is 7.61. The molecule has 22 heavy (non-hydrogen) atoms. The number of halogens is 1. The van der Waals surface area contributed by atoms with E-state index < -0.39 is 10.0 Å². The fraction of sp³-hybridized carbons (Fsp3) is 0.294. The monoisotopic (exact) mass is 337 g/mol. The molecule has 3 nitrogen and oxygen atoms in total. The van der Waals surface area contributed by atoms with Gasteiger partial charge in [0.25, 0.3) is 0 Å². The van der Waals surface area contributed by atoms with Crippen LogP contribution >= 0.6 is 11.6 Å². The molecule has 0 saturated heterocycles. The molecule has 2 aromatic rings. The molecule has 0 saturated carbocycles. The number of nitrogens with one attached hydrogen (secondary N) is 1. The highest BCUT2D eigenvalue weighted by molar-refractivity contribution is 7.88. The van der Waals surface area contributed by atoms with Gasteiger partial charge >= 0.3 is 0 Å². The van der Waals surface area contributed by atoms with Gasteiger partial charge in [0.15, 0.2) is 0 Å². The van der Waals surface area contributed by atoms with Gasteiger partial charge in [0.1, 0.15) is 0 Å². The van der Waals surface area contributed by atoms with Crippen molar-refractivity contribution in [1.29, 1.82) is 0 Å². The molecule has 2 aromatic carbocycles. The number of hydrogen-bond acceptors (Lipinski definition) is 2. The van der Waals surface area contributed by atoms with Crippen LogP contribution in [0, 0.1) is 6.92 Å². The van der Waals surface area contributed by atoms with Crippen LogP contribution in [-0.2, 0) is 22.2 Å². The Balaban J connectivity index is 1.77. The molecule has 1 N–H and O–H groups in total. The zero-order valence-corrected chi connectivity index (χ0v) is 14.1. The lowest BCUT2D eigenvalue weighted by atomic mass is 10.1. The van der Waals surface area contributed by atoms with E-state index in [0.29, 0.717) is 11.6 Å². The molecule has 0 aromatic heterocycles. The fourth-order valence-corrected chi connectivity index (χ4v) is 3.44. The summed E-state index contributed by atoms with van der Waals surface area (Å²) in [5.41, 5.74) is 3.19. The molecular formula is C17H20ClNO2S. The van der Waals surface area contributed by atoms with Gasteiger partial charge in [-0.2, -0.15) is 0 Å². The number of benzene rings is 2. The summed E-state index contributed by atoms with van der Waals surface area (Å²) in [6.07, 6.45) is 1.65. The summed E-state index contributed by atoms with van der Waals surface area (Å²) in [5.74, 6) is -0.0191. The zero-order valence-electron chi connectivity index (χ0n) is 12.5. The van der Waals surface area contributed by atoms with Crippen molar-refractivity contribution in [3.8, 4) is 0 Å². The Kier molecular flexibility index (Phi) is 6.00. The van der Waals surface area contributed by atoms with Crippen LogP contribution in [0.5, 0.6) is 0 Å². The van der Waals surface area contributed by atoms with E-state index in [9.17, 15) is 8.42 Å². The Morgan fingerprint density at radius 3 is 2.18 bits per heavy atom. The second-order valence-electron chi connectivity index (χ2n) is 5.37. The second kappa shape index (κ2) is 7.77. The highest BCUT2D eigenvalue weighted by Gasteiger charge is 2.10. The summed E-state index contributed by atoms with van der Waals surface area (Å²) < 4.78 is 26.6. The number of aryl methyl sites for hydroxylation is 2. The molecular weight excluding hydrogens is 318 g/mol. The topological polar surface area (TPSA) is 46.2 Å². The normalized spacial score (nSPS) is 11.5. The van der Waals surface area contributed by atoms with Crippen molar-refractivity contribution in [3.05, 3.63) is 70.2 Å². The molecule has 0 heterocycles. The third kappa shape index (κ3) is 5.79. The summed E-state index contributed by atoms with van der Waals surface area (Å²) in [7, 11) is -3.30. The summed E-state index contributed by atoms with van der Waals surface area (Å²) in [6, 6.07) is 15.2. The summed E-state index contributed by atoms with van der Waals surface area (Å²) in [6.45, 7) is 2.50. The maximum Gasteiger partial charge on any atom is 0.215 e. The van der Waals surface area contributed by atoms with Crippen LogP contribution in [0.2, 0.25) is 5.02 Å². The van der Waals surface area contributed by atoms with E-state index in [1.165, 1.54) is 11.1 Å². The van der Waals surface area contributed by atoms with Crippen LogP contribution in [0.3, 0.4) is 0 Å². The van der Waals surface area contributed by atoms with Gasteiger partial charge in [-0.1, -0.05) is 53.6 Å². The molecule has 0 aliphatic rings. The molecule has 2 rings (SSSR count). The van der Waals surface area contributed by atoms with Gasteiger partial charge in [-0.25, -0.2) is 13.1 Å². The average Bonchev–Trinajstić information content (AvgIpc) is 2.48. The molecule has 0 unspecified atom stereocenters. The van der Waals surface area contributed by atoms with Gasteiger partial charge in [0.2, 0.25) is 10.0 Å². The molecule has 5 heteroatoms.